The monoisotopic (exact) mass is 231 g/mol. The third kappa shape index (κ3) is 5.21. The molecule has 1 aliphatic rings. The fourth-order valence-corrected chi connectivity index (χ4v) is 2.31. The second-order valence-electron chi connectivity index (χ2n) is 5.20. The lowest BCUT2D eigenvalue weighted by Gasteiger charge is -2.37. The topological polar surface area (TPSA) is 3.24 Å². The van der Waals surface area contributed by atoms with Crippen molar-refractivity contribution in [2.45, 2.75) is 58.4 Å². The summed E-state index contributed by atoms with van der Waals surface area (Å²) in [4.78, 5) is 2.67. The SMILES string of the molecule is CC(C)CCCN(CCCCl)C1CCC1. The first-order chi connectivity index (χ1) is 7.24. The van der Waals surface area contributed by atoms with E-state index >= 15 is 0 Å². The molecule has 90 valence electrons. The third-order valence-electron chi connectivity index (χ3n) is 3.40. The zero-order valence-electron chi connectivity index (χ0n) is 10.3. The van der Waals surface area contributed by atoms with E-state index < -0.39 is 0 Å². The Morgan fingerprint density at radius 2 is 1.87 bits per heavy atom. The first-order valence-electron chi connectivity index (χ1n) is 6.54. The van der Waals surface area contributed by atoms with Crippen LogP contribution < -0.4 is 0 Å². The highest BCUT2D eigenvalue weighted by molar-refractivity contribution is 6.17. The van der Waals surface area contributed by atoms with Crippen molar-refractivity contribution in [3.8, 4) is 0 Å². The molecule has 15 heavy (non-hydrogen) atoms. The standard InChI is InChI=1S/C13H26ClN/c1-12(2)6-4-10-15(11-5-9-14)13-7-3-8-13/h12-13H,3-11H2,1-2H3. The van der Waals surface area contributed by atoms with E-state index in [1.807, 2.05) is 0 Å². The molecule has 1 fully saturated rings. The largest absolute Gasteiger partial charge is 0.300 e. The van der Waals surface area contributed by atoms with Crippen molar-refractivity contribution >= 4 is 11.6 Å². The Morgan fingerprint density at radius 1 is 1.20 bits per heavy atom. The zero-order chi connectivity index (χ0) is 11.1. The Labute approximate surface area is 100 Å². The van der Waals surface area contributed by atoms with E-state index in [-0.39, 0.29) is 0 Å². The summed E-state index contributed by atoms with van der Waals surface area (Å²) in [5.74, 6) is 1.66. The average Bonchev–Trinajstić information content (AvgIpc) is 2.10. The number of alkyl halides is 1. The van der Waals surface area contributed by atoms with Gasteiger partial charge in [0.15, 0.2) is 0 Å². The number of rotatable bonds is 8. The first-order valence-corrected chi connectivity index (χ1v) is 7.07. The molecule has 0 spiro atoms. The normalized spacial score (nSPS) is 17.4. The maximum atomic E-state index is 5.77. The summed E-state index contributed by atoms with van der Waals surface area (Å²) in [5.41, 5.74) is 0. The van der Waals surface area contributed by atoms with E-state index in [1.54, 1.807) is 0 Å². The Bertz CT molecular complexity index is 155. The lowest BCUT2D eigenvalue weighted by molar-refractivity contribution is 0.124. The van der Waals surface area contributed by atoms with Crippen LogP contribution in [0.3, 0.4) is 0 Å². The number of hydrogen-bond acceptors (Lipinski definition) is 1. The van der Waals surface area contributed by atoms with Gasteiger partial charge in [-0.15, -0.1) is 11.6 Å². The summed E-state index contributed by atoms with van der Waals surface area (Å²) in [7, 11) is 0. The smallest absolute Gasteiger partial charge is 0.0235 e. The molecular formula is C13H26ClN. The van der Waals surface area contributed by atoms with E-state index in [1.165, 1.54) is 45.2 Å². The van der Waals surface area contributed by atoms with Crippen LogP contribution in [0, 0.1) is 5.92 Å². The fraction of sp³-hybridized carbons (Fsp3) is 1.00. The quantitative estimate of drug-likeness (QED) is 0.573. The van der Waals surface area contributed by atoms with Crippen LogP contribution in [-0.2, 0) is 0 Å². The molecule has 0 aromatic heterocycles. The summed E-state index contributed by atoms with van der Waals surface area (Å²) >= 11 is 5.77. The van der Waals surface area contributed by atoms with Gasteiger partial charge in [0.25, 0.3) is 0 Å². The van der Waals surface area contributed by atoms with Crippen LogP contribution in [0.4, 0.5) is 0 Å². The Kier molecular flexibility index (Phi) is 6.67. The fourth-order valence-electron chi connectivity index (χ4n) is 2.19. The van der Waals surface area contributed by atoms with Crippen LogP contribution in [0.1, 0.15) is 52.4 Å². The summed E-state index contributed by atoms with van der Waals surface area (Å²) in [5, 5.41) is 0. The maximum Gasteiger partial charge on any atom is 0.0235 e. The highest BCUT2D eigenvalue weighted by Gasteiger charge is 2.23. The maximum absolute atomic E-state index is 5.77. The first kappa shape index (κ1) is 13.3. The molecule has 0 radical (unpaired) electrons. The van der Waals surface area contributed by atoms with Crippen LogP contribution in [-0.4, -0.2) is 29.9 Å². The Hall–Kier alpha value is 0.250. The van der Waals surface area contributed by atoms with Crippen LogP contribution in [0.2, 0.25) is 0 Å². The predicted molar refractivity (Wildman–Crippen MR) is 68.6 cm³/mol. The highest BCUT2D eigenvalue weighted by atomic mass is 35.5. The van der Waals surface area contributed by atoms with Crippen molar-refractivity contribution < 1.29 is 0 Å². The molecule has 0 aromatic carbocycles. The molecule has 0 N–H and O–H groups in total. The van der Waals surface area contributed by atoms with Crippen LogP contribution in [0.25, 0.3) is 0 Å². The molecule has 0 atom stereocenters. The zero-order valence-corrected chi connectivity index (χ0v) is 11.1. The van der Waals surface area contributed by atoms with E-state index in [0.717, 1.165) is 24.3 Å². The van der Waals surface area contributed by atoms with E-state index in [0.29, 0.717) is 0 Å². The van der Waals surface area contributed by atoms with Gasteiger partial charge in [0, 0.05) is 11.9 Å². The molecule has 0 heterocycles. The molecule has 0 amide bonds. The van der Waals surface area contributed by atoms with Gasteiger partial charge in [-0.3, -0.25) is 0 Å². The minimum atomic E-state index is 0.813. The lowest BCUT2D eigenvalue weighted by Crippen LogP contribution is -2.41. The van der Waals surface area contributed by atoms with Crippen molar-refractivity contribution in [2.75, 3.05) is 19.0 Å². The van der Waals surface area contributed by atoms with E-state index in [2.05, 4.69) is 18.7 Å². The molecule has 1 aliphatic carbocycles. The van der Waals surface area contributed by atoms with Crippen LogP contribution in [0.15, 0.2) is 0 Å². The van der Waals surface area contributed by atoms with Gasteiger partial charge in [-0.2, -0.15) is 0 Å². The molecule has 0 saturated heterocycles. The van der Waals surface area contributed by atoms with Gasteiger partial charge in [0.2, 0.25) is 0 Å². The summed E-state index contributed by atoms with van der Waals surface area (Å²) in [6.07, 6.45) is 8.15. The van der Waals surface area contributed by atoms with Gasteiger partial charge in [0.1, 0.15) is 0 Å². The van der Waals surface area contributed by atoms with Gasteiger partial charge in [-0.1, -0.05) is 20.3 Å². The second-order valence-corrected chi connectivity index (χ2v) is 5.58. The Morgan fingerprint density at radius 3 is 2.33 bits per heavy atom. The molecule has 1 saturated carbocycles. The third-order valence-corrected chi connectivity index (χ3v) is 3.66. The van der Waals surface area contributed by atoms with Crippen molar-refractivity contribution in [1.82, 2.24) is 4.90 Å². The second kappa shape index (κ2) is 7.51. The number of nitrogens with zero attached hydrogens (tertiary/aromatic N) is 1. The summed E-state index contributed by atoms with van der Waals surface area (Å²) < 4.78 is 0. The molecule has 0 aromatic rings. The lowest BCUT2D eigenvalue weighted by atomic mass is 9.91. The minimum Gasteiger partial charge on any atom is -0.300 e. The van der Waals surface area contributed by atoms with Gasteiger partial charge < -0.3 is 4.90 Å². The molecule has 0 bridgehead atoms. The summed E-state index contributed by atoms with van der Waals surface area (Å²) in [6.45, 7) is 7.13. The minimum absolute atomic E-state index is 0.813. The van der Waals surface area contributed by atoms with Crippen molar-refractivity contribution in [3.63, 3.8) is 0 Å². The highest BCUT2D eigenvalue weighted by Crippen LogP contribution is 2.25. The van der Waals surface area contributed by atoms with Gasteiger partial charge in [0.05, 0.1) is 0 Å². The van der Waals surface area contributed by atoms with Gasteiger partial charge >= 0.3 is 0 Å². The van der Waals surface area contributed by atoms with Gasteiger partial charge in [-0.25, -0.2) is 0 Å². The van der Waals surface area contributed by atoms with Crippen molar-refractivity contribution in [3.05, 3.63) is 0 Å². The van der Waals surface area contributed by atoms with E-state index in [9.17, 15) is 0 Å². The Balaban J connectivity index is 2.16. The van der Waals surface area contributed by atoms with Crippen LogP contribution in [0.5, 0.6) is 0 Å². The predicted octanol–water partition coefficient (Wildman–Crippen LogP) is 3.91. The van der Waals surface area contributed by atoms with Crippen LogP contribution >= 0.6 is 11.6 Å². The summed E-state index contributed by atoms with van der Waals surface area (Å²) in [6, 6.07) is 0.889. The van der Waals surface area contributed by atoms with Crippen molar-refractivity contribution in [2.24, 2.45) is 5.92 Å². The molecular weight excluding hydrogens is 206 g/mol. The molecule has 1 nitrogen and oxygen atoms in total. The molecule has 0 unspecified atom stereocenters. The van der Waals surface area contributed by atoms with E-state index in [4.69, 9.17) is 11.6 Å². The average molecular weight is 232 g/mol. The molecule has 2 heteroatoms. The molecule has 1 rings (SSSR count). The molecule has 0 aliphatic heterocycles. The number of hydrogen-bond donors (Lipinski definition) is 0. The van der Waals surface area contributed by atoms with Crippen molar-refractivity contribution in [1.29, 1.82) is 0 Å². The number of halogens is 1. The van der Waals surface area contributed by atoms with Gasteiger partial charge in [-0.05, 0) is 51.1 Å².